The summed E-state index contributed by atoms with van der Waals surface area (Å²) >= 11 is 6.23. The highest BCUT2D eigenvalue weighted by molar-refractivity contribution is 7.99. The molecule has 30 heavy (non-hydrogen) atoms. The SMILES string of the molecule is Cn1c(=O)c2c(ncn2CCCC(=O)Nc2cccc(Cl)c2SC(F)F)n(C)c1=O. The van der Waals surface area contributed by atoms with Crippen molar-refractivity contribution < 1.29 is 13.6 Å². The lowest BCUT2D eigenvalue weighted by Gasteiger charge is -2.12. The molecule has 8 nitrogen and oxygen atoms in total. The lowest BCUT2D eigenvalue weighted by molar-refractivity contribution is -0.116. The van der Waals surface area contributed by atoms with E-state index in [-0.39, 0.29) is 50.9 Å². The van der Waals surface area contributed by atoms with Crippen molar-refractivity contribution in [1.82, 2.24) is 18.7 Å². The fourth-order valence-electron chi connectivity index (χ4n) is 3.01. The van der Waals surface area contributed by atoms with Crippen molar-refractivity contribution in [2.45, 2.75) is 30.0 Å². The minimum absolute atomic E-state index is 0.0804. The topological polar surface area (TPSA) is 90.9 Å². The molecular formula is C18H18ClF2N5O3S. The van der Waals surface area contributed by atoms with Crippen LogP contribution in [0.15, 0.2) is 39.0 Å². The highest BCUT2D eigenvalue weighted by atomic mass is 35.5. The molecule has 12 heteroatoms. The minimum Gasteiger partial charge on any atom is -0.325 e. The van der Waals surface area contributed by atoms with Gasteiger partial charge >= 0.3 is 5.69 Å². The summed E-state index contributed by atoms with van der Waals surface area (Å²) in [4.78, 5) is 40.9. The molecule has 0 aliphatic carbocycles. The highest BCUT2D eigenvalue weighted by Crippen LogP contribution is 2.37. The first kappa shape index (κ1) is 22.0. The third-order valence-corrected chi connectivity index (χ3v) is 5.75. The second-order valence-electron chi connectivity index (χ2n) is 6.46. The standard InChI is InChI=1S/C18H18ClF2N5O3S/c1-24-15-13(16(28)25(2)18(24)29)26(9-22-15)8-4-7-12(27)23-11-6-3-5-10(19)14(11)30-17(20)21/h3,5-6,9,17H,4,7-8H2,1-2H3,(H,23,27). The molecule has 0 spiro atoms. The van der Waals surface area contributed by atoms with E-state index in [1.165, 1.54) is 37.1 Å². The van der Waals surface area contributed by atoms with Gasteiger partial charge in [-0.2, -0.15) is 8.78 Å². The number of thioether (sulfide) groups is 1. The molecule has 1 amide bonds. The molecule has 1 aromatic carbocycles. The smallest absolute Gasteiger partial charge is 0.325 e. The Kier molecular flexibility index (Phi) is 6.61. The summed E-state index contributed by atoms with van der Waals surface area (Å²) in [6.45, 7) is 0.311. The van der Waals surface area contributed by atoms with E-state index in [1.807, 2.05) is 0 Å². The number of hydrogen-bond acceptors (Lipinski definition) is 5. The Morgan fingerprint density at radius 3 is 2.70 bits per heavy atom. The van der Waals surface area contributed by atoms with Gasteiger partial charge in [0.1, 0.15) is 0 Å². The first-order valence-electron chi connectivity index (χ1n) is 8.84. The maximum atomic E-state index is 12.8. The summed E-state index contributed by atoms with van der Waals surface area (Å²) < 4.78 is 29.4. The quantitative estimate of drug-likeness (QED) is 0.551. The van der Waals surface area contributed by atoms with Crippen LogP contribution in [0.25, 0.3) is 11.2 Å². The van der Waals surface area contributed by atoms with Gasteiger partial charge in [0.15, 0.2) is 11.2 Å². The summed E-state index contributed by atoms with van der Waals surface area (Å²) in [7, 11) is 2.91. The number of rotatable bonds is 7. The average molecular weight is 458 g/mol. The number of aromatic nitrogens is 4. The van der Waals surface area contributed by atoms with E-state index in [0.717, 1.165) is 4.57 Å². The van der Waals surface area contributed by atoms with Crippen LogP contribution >= 0.6 is 23.4 Å². The number of benzene rings is 1. The number of hydrogen-bond donors (Lipinski definition) is 1. The molecule has 0 atom stereocenters. The second-order valence-corrected chi connectivity index (χ2v) is 7.87. The molecular weight excluding hydrogens is 440 g/mol. The molecule has 0 fully saturated rings. The number of fused-ring (bicyclic) bond motifs is 1. The normalized spacial score (nSPS) is 11.4. The fourth-order valence-corrected chi connectivity index (χ4v) is 3.92. The number of carbonyl (C=O) groups excluding carboxylic acids is 1. The van der Waals surface area contributed by atoms with E-state index in [2.05, 4.69) is 10.3 Å². The Balaban J connectivity index is 1.70. The van der Waals surface area contributed by atoms with Crippen molar-refractivity contribution in [2.75, 3.05) is 5.32 Å². The minimum atomic E-state index is -2.67. The van der Waals surface area contributed by atoms with Gasteiger partial charge in [-0.15, -0.1) is 0 Å². The number of halogens is 3. The Hall–Kier alpha value is -2.66. The first-order chi connectivity index (χ1) is 14.2. The summed E-state index contributed by atoms with van der Waals surface area (Å²) in [5.74, 6) is -3.05. The number of imidazole rings is 1. The van der Waals surface area contributed by atoms with Gasteiger partial charge < -0.3 is 9.88 Å². The van der Waals surface area contributed by atoms with Gasteiger partial charge in [-0.1, -0.05) is 29.4 Å². The first-order valence-corrected chi connectivity index (χ1v) is 10.1. The zero-order valence-electron chi connectivity index (χ0n) is 16.1. The van der Waals surface area contributed by atoms with Crippen molar-refractivity contribution in [3.63, 3.8) is 0 Å². The molecule has 0 aliphatic rings. The van der Waals surface area contributed by atoms with Crippen LogP contribution in [0.2, 0.25) is 5.02 Å². The number of amides is 1. The average Bonchev–Trinajstić information content (AvgIpc) is 3.11. The maximum Gasteiger partial charge on any atom is 0.332 e. The Morgan fingerprint density at radius 1 is 1.27 bits per heavy atom. The number of nitrogens with zero attached hydrogens (tertiary/aromatic N) is 4. The molecule has 2 aromatic heterocycles. The van der Waals surface area contributed by atoms with Crippen molar-refractivity contribution >= 4 is 46.1 Å². The predicted molar refractivity (Wildman–Crippen MR) is 111 cm³/mol. The summed E-state index contributed by atoms with van der Waals surface area (Å²) in [6, 6.07) is 4.53. The molecule has 0 unspecified atom stereocenters. The van der Waals surface area contributed by atoms with Gasteiger partial charge in [-0.25, -0.2) is 9.78 Å². The molecule has 2 heterocycles. The Morgan fingerprint density at radius 2 is 2.00 bits per heavy atom. The van der Waals surface area contributed by atoms with E-state index >= 15 is 0 Å². The van der Waals surface area contributed by atoms with Crippen molar-refractivity contribution in [3.05, 3.63) is 50.4 Å². The van der Waals surface area contributed by atoms with Gasteiger partial charge in [-0.3, -0.25) is 18.7 Å². The molecule has 160 valence electrons. The van der Waals surface area contributed by atoms with Gasteiger partial charge in [0.05, 0.1) is 21.9 Å². The van der Waals surface area contributed by atoms with Crippen LogP contribution < -0.4 is 16.6 Å². The molecule has 0 saturated carbocycles. The predicted octanol–water partition coefficient (Wildman–Crippen LogP) is 2.82. The monoisotopic (exact) mass is 457 g/mol. The van der Waals surface area contributed by atoms with Crippen LogP contribution in [0.4, 0.5) is 14.5 Å². The molecule has 1 N–H and O–H groups in total. The number of carbonyl (C=O) groups is 1. The lowest BCUT2D eigenvalue weighted by Crippen LogP contribution is -2.37. The van der Waals surface area contributed by atoms with Crippen LogP contribution in [-0.2, 0) is 25.4 Å². The van der Waals surface area contributed by atoms with E-state index in [9.17, 15) is 23.2 Å². The van der Waals surface area contributed by atoms with Crippen LogP contribution in [0, 0.1) is 0 Å². The fraction of sp³-hybridized carbons (Fsp3) is 0.333. The van der Waals surface area contributed by atoms with Crippen LogP contribution in [0.3, 0.4) is 0 Å². The van der Waals surface area contributed by atoms with Crippen molar-refractivity contribution in [1.29, 1.82) is 0 Å². The largest absolute Gasteiger partial charge is 0.332 e. The third kappa shape index (κ3) is 4.41. The molecule has 0 saturated heterocycles. The van der Waals surface area contributed by atoms with Crippen LogP contribution in [-0.4, -0.2) is 30.3 Å². The van der Waals surface area contributed by atoms with E-state index in [4.69, 9.17) is 11.6 Å². The number of aryl methyl sites for hydroxylation is 2. The second kappa shape index (κ2) is 9.00. The Labute approximate surface area is 178 Å². The lowest BCUT2D eigenvalue weighted by atomic mass is 10.2. The van der Waals surface area contributed by atoms with Gasteiger partial charge in [0.2, 0.25) is 5.91 Å². The van der Waals surface area contributed by atoms with Crippen molar-refractivity contribution in [3.8, 4) is 0 Å². The summed E-state index contributed by atoms with van der Waals surface area (Å²) in [6.07, 6.45) is 1.88. The maximum absolute atomic E-state index is 12.8. The molecule has 0 radical (unpaired) electrons. The molecule has 3 rings (SSSR count). The van der Waals surface area contributed by atoms with Crippen LogP contribution in [0.5, 0.6) is 0 Å². The van der Waals surface area contributed by atoms with Gasteiger partial charge in [0.25, 0.3) is 11.3 Å². The van der Waals surface area contributed by atoms with Gasteiger partial charge in [-0.05, 0) is 18.6 Å². The highest BCUT2D eigenvalue weighted by Gasteiger charge is 2.16. The third-order valence-electron chi connectivity index (χ3n) is 4.47. The molecule has 0 bridgehead atoms. The zero-order valence-corrected chi connectivity index (χ0v) is 17.6. The summed E-state index contributed by atoms with van der Waals surface area (Å²) in [5.41, 5.74) is -0.195. The van der Waals surface area contributed by atoms with E-state index in [0.29, 0.717) is 13.0 Å². The number of anilines is 1. The number of nitrogens with one attached hydrogen (secondary N) is 1. The molecule has 0 aliphatic heterocycles. The van der Waals surface area contributed by atoms with Crippen LogP contribution in [0.1, 0.15) is 12.8 Å². The van der Waals surface area contributed by atoms with E-state index in [1.54, 1.807) is 10.6 Å². The summed E-state index contributed by atoms with van der Waals surface area (Å²) in [5, 5.41) is 2.73. The number of alkyl halides is 2. The van der Waals surface area contributed by atoms with Crippen molar-refractivity contribution in [2.24, 2.45) is 14.1 Å². The van der Waals surface area contributed by atoms with Gasteiger partial charge in [0, 0.05) is 27.1 Å². The Bertz CT molecular complexity index is 1220. The van der Waals surface area contributed by atoms with E-state index < -0.39 is 17.0 Å². The molecule has 3 aromatic rings. The zero-order chi connectivity index (χ0) is 22.0.